The smallest absolute Gasteiger partial charge is 0.279 e. The van der Waals surface area contributed by atoms with Crippen molar-refractivity contribution < 1.29 is 17.9 Å². The summed E-state index contributed by atoms with van der Waals surface area (Å²) in [6, 6.07) is 6.28. The Morgan fingerprint density at radius 2 is 1.87 bits per heavy atom. The van der Waals surface area contributed by atoms with Crippen LogP contribution in [0.1, 0.15) is 6.92 Å². The molecule has 0 heterocycles. The predicted octanol–water partition coefficient (Wildman–Crippen LogP) is 3.82. The van der Waals surface area contributed by atoms with Crippen molar-refractivity contribution in [3.05, 3.63) is 28.7 Å². The van der Waals surface area contributed by atoms with E-state index < -0.39 is 18.7 Å². The standard InChI is InChI=1S/C10H10BrF3O/c1-10(6-12,9(13)14)15-8-4-2-7(11)3-5-8/h2-5,9H,6H2,1H3. The zero-order valence-electron chi connectivity index (χ0n) is 8.01. The lowest BCUT2D eigenvalue weighted by Gasteiger charge is -2.26. The van der Waals surface area contributed by atoms with Gasteiger partial charge in [-0.3, -0.25) is 0 Å². The second-order valence-electron chi connectivity index (χ2n) is 3.30. The van der Waals surface area contributed by atoms with E-state index in [2.05, 4.69) is 15.9 Å². The first kappa shape index (κ1) is 12.4. The Bertz CT molecular complexity index is 315. The number of alkyl halides is 3. The zero-order valence-corrected chi connectivity index (χ0v) is 9.60. The first-order valence-corrected chi connectivity index (χ1v) is 5.06. The maximum Gasteiger partial charge on any atom is 0.279 e. The highest BCUT2D eigenvalue weighted by atomic mass is 79.9. The number of rotatable bonds is 4. The van der Waals surface area contributed by atoms with Crippen LogP contribution in [0.4, 0.5) is 13.2 Å². The number of benzene rings is 1. The molecule has 0 N–H and O–H groups in total. The van der Waals surface area contributed by atoms with Gasteiger partial charge in [-0.25, -0.2) is 13.2 Å². The minimum absolute atomic E-state index is 0.221. The third-order valence-corrected chi connectivity index (χ3v) is 2.42. The molecule has 0 saturated carbocycles. The molecule has 0 aliphatic heterocycles. The molecule has 0 aromatic heterocycles. The van der Waals surface area contributed by atoms with Gasteiger partial charge in [0.1, 0.15) is 12.4 Å². The molecule has 0 aliphatic rings. The van der Waals surface area contributed by atoms with Gasteiger partial charge in [-0.1, -0.05) is 15.9 Å². The lowest BCUT2D eigenvalue weighted by molar-refractivity contribution is -0.0764. The van der Waals surface area contributed by atoms with Gasteiger partial charge in [0.25, 0.3) is 6.43 Å². The Balaban J connectivity index is 2.79. The maximum absolute atomic E-state index is 12.5. The van der Waals surface area contributed by atoms with Crippen molar-refractivity contribution in [3.8, 4) is 5.75 Å². The zero-order chi connectivity index (χ0) is 11.5. The summed E-state index contributed by atoms with van der Waals surface area (Å²) in [6.45, 7) is -0.194. The van der Waals surface area contributed by atoms with Crippen LogP contribution in [-0.4, -0.2) is 18.7 Å². The van der Waals surface area contributed by atoms with Crippen molar-refractivity contribution >= 4 is 15.9 Å². The third-order valence-electron chi connectivity index (χ3n) is 1.89. The highest BCUT2D eigenvalue weighted by Gasteiger charge is 2.37. The first-order chi connectivity index (χ1) is 6.98. The predicted molar refractivity (Wildman–Crippen MR) is 55.2 cm³/mol. The molecule has 1 aromatic carbocycles. The minimum Gasteiger partial charge on any atom is -0.479 e. The van der Waals surface area contributed by atoms with Crippen LogP contribution in [0, 0.1) is 0 Å². The van der Waals surface area contributed by atoms with Crippen LogP contribution in [0.3, 0.4) is 0 Å². The summed E-state index contributed by atoms with van der Waals surface area (Å²) in [4.78, 5) is 0. The van der Waals surface area contributed by atoms with Gasteiger partial charge in [-0.2, -0.15) is 0 Å². The van der Waals surface area contributed by atoms with E-state index in [9.17, 15) is 13.2 Å². The lowest BCUT2D eigenvalue weighted by atomic mass is 10.1. The summed E-state index contributed by atoms with van der Waals surface area (Å²) in [6.07, 6.45) is -2.87. The quantitative estimate of drug-likeness (QED) is 0.816. The van der Waals surface area contributed by atoms with Gasteiger partial charge in [0.15, 0.2) is 5.60 Å². The summed E-state index contributed by atoms with van der Waals surface area (Å²) >= 11 is 3.19. The molecule has 1 nitrogen and oxygen atoms in total. The van der Waals surface area contributed by atoms with Crippen LogP contribution < -0.4 is 4.74 Å². The summed E-state index contributed by atoms with van der Waals surface area (Å²) in [5, 5.41) is 0. The van der Waals surface area contributed by atoms with Crippen LogP contribution >= 0.6 is 15.9 Å². The van der Waals surface area contributed by atoms with E-state index in [1.165, 1.54) is 12.1 Å². The summed E-state index contributed by atoms with van der Waals surface area (Å²) < 4.78 is 43.1. The van der Waals surface area contributed by atoms with Crippen molar-refractivity contribution in [1.29, 1.82) is 0 Å². The van der Waals surface area contributed by atoms with Gasteiger partial charge >= 0.3 is 0 Å². The molecule has 0 aliphatic carbocycles. The van der Waals surface area contributed by atoms with E-state index in [4.69, 9.17) is 4.74 Å². The van der Waals surface area contributed by atoms with Crippen LogP contribution in [0.5, 0.6) is 5.75 Å². The largest absolute Gasteiger partial charge is 0.479 e. The van der Waals surface area contributed by atoms with Crippen molar-refractivity contribution in [2.45, 2.75) is 19.0 Å². The summed E-state index contributed by atoms with van der Waals surface area (Å²) in [5.74, 6) is 0.221. The Labute approximate surface area is 94.4 Å². The second-order valence-corrected chi connectivity index (χ2v) is 4.22. The Morgan fingerprint density at radius 1 is 1.33 bits per heavy atom. The fourth-order valence-electron chi connectivity index (χ4n) is 0.902. The normalized spacial score (nSPS) is 15.1. The summed E-state index contributed by atoms with van der Waals surface area (Å²) in [5.41, 5.74) is -2.08. The fourth-order valence-corrected chi connectivity index (χ4v) is 1.17. The van der Waals surface area contributed by atoms with Gasteiger partial charge in [0, 0.05) is 4.47 Å². The molecule has 84 valence electrons. The molecule has 15 heavy (non-hydrogen) atoms. The lowest BCUT2D eigenvalue weighted by Crippen LogP contribution is -2.42. The van der Waals surface area contributed by atoms with E-state index >= 15 is 0 Å². The van der Waals surface area contributed by atoms with E-state index in [-0.39, 0.29) is 5.75 Å². The van der Waals surface area contributed by atoms with Gasteiger partial charge in [-0.15, -0.1) is 0 Å². The van der Waals surface area contributed by atoms with Crippen molar-refractivity contribution in [2.24, 2.45) is 0 Å². The SMILES string of the molecule is CC(CF)(Oc1ccc(Br)cc1)C(F)F. The Hall–Kier alpha value is -0.710. The molecule has 0 radical (unpaired) electrons. The van der Waals surface area contributed by atoms with Crippen LogP contribution in [0.15, 0.2) is 28.7 Å². The fraction of sp³-hybridized carbons (Fsp3) is 0.400. The molecule has 0 amide bonds. The molecule has 1 aromatic rings. The average Bonchev–Trinajstić information content (AvgIpc) is 2.21. The molecule has 5 heteroatoms. The number of halogens is 4. The van der Waals surface area contributed by atoms with Crippen molar-refractivity contribution in [3.63, 3.8) is 0 Å². The molecular weight excluding hydrogens is 273 g/mol. The third kappa shape index (κ3) is 3.12. The van der Waals surface area contributed by atoms with Crippen molar-refractivity contribution in [2.75, 3.05) is 6.67 Å². The van der Waals surface area contributed by atoms with E-state index in [1.807, 2.05) is 0 Å². The number of hydrogen-bond donors (Lipinski definition) is 0. The summed E-state index contributed by atoms with van der Waals surface area (Å²) in [7, 11) is 0. The molecule has 0 saturated heterocycles. The Kier molecular flexibility index (Phi) is 4.02. The highest BCUT2D eigenvalue weighted by molar-refractivity contribution is 9.10. The molecule has 0 fully saturated rings. The van der Waals surface area contributed by atoms with Gasteiger partial charge in [0.05, 0.1) is 0 Å². The van der Waals surface area contributed by atoms with Gasteiger partial charge in [-0.05, 0) is 31.2 Å². The molecular formula is C10H10BrF3O. The van der Waals surface area contributed by atoms with Crippen LogP contribution in [0.2, 0.25) is 0 Å². The van der Waals surface area contributed by atoms with Crippen LogP contribution in [-0.2, 0) is 0 Å². The first-order valence-electron chi connectivity index (χ1n) is 4.26. The van der Waals surface area contributed by atoms with E-state index in [0.29, 0.717) is 0 Å². The van der Waals surface area contributed by atoms with Crippen molar-refractivity contribution in [1.82, 2.24) is 0 Å². The Morgan fingerprint density at radius 3 is 2.27 bits per heavy atom. The molecule has 1 unspecified atom stereocenters. The van der Waals surface area contributed by atoms with E-state index in [1.54, 1.807) is 12.1 Å². The molecule has 1 rings (SSSR count). The maximum atomic E-state index is 12.5. The average molecular weight is 283 g/mol. The minimum atomic E-state index is -2.87. The monoisotopic (exact) mass is 282 g/mol. The molecule has 0 bridgehead atoms. The number of ether oxygens (including phenoxy) is 1. The van der Waals surface area contributed by atoms with Gasteiger partial charge in [0.2, 0.25) is 0 Å². The molecule has 0 spiro atoms. The second kappa shape index (κ2) is 4.88. The number of hydrogen-bond acceptors (Lipinski definition) is 1. The van der Waals surface area contributed by atoms with E-state index in [0.717, 1.165) is 11.4 Å². The molecule has 1 atom stereocenters. The topological polar surface area (TPSA) is 9.23 Å². The highest BCUT2D eigenvalue weighted by Crippen LogP contribution is 2.25. The van der Waals surface area contributed by atoms with Crippen LogP contribution in [0.25, 0.3) is 0 Å². The van der Waals surface area contributed by atoms with Gasteiger partial charge < -0.3 is 4.74 Å².